The maximum atomic E-state index is 12.4. The second-order valence-corrected chi connectivity index (χ2v) is 7.04. The largest absolute Gasteiger partial charge is 0.449 e. The molecule has 0 unspecified atom stereocenters. The van der Waals surface area contributed by atoms with Gasteiger partial charge >= 0.3 is 11.9 Å². The Hall–Kier alpha value is -1.87. The Morgan fingerprint density at radius 3 is 1.41 bits per heavy atom. The number of esters is 2. The molecule has 0 bridgehead atoms. The second kappa shape index (κ2) is 15.2. The molecule has 200 valence electrons. The summed E-state index contributed by atoms with van der Waals surface area (Å²) >= 11 is 0. The molecular weight excluding hydrogens is 476 g/mol. The SMILES string of the molecule is O=C[C@H](OC(=O)[C@H](OC(=O)[C@H](O)[C@@H](O)[C@@H](O)[C@H](O)CO)[C@@H](O)[C@@H](O)[C@H](O)CO)[C@@H](O)[C@H](O)CO. The highest BCUT2D eigenvalue weighted by atomic mass is 16.6. The predicted molar refractivity (Wildman–Crippen MR) is 101 cm³/mol. The zero-order valence-electron chi connectivity index (χ0n) is 17.5. The number of ether oxygens (including phenoxy) is 2. The van der Waals surface area contributed by atoms with Crippen LogP contribution in [0.5, 0.6) is 0 Å². The average molecular weight is 506 g/mol. The van der Waals surface area contributed by atoms with Gasteiger partial charge in [-0.1, -0.05) is 0 Å². The molecule has 0 aromatic carbocycles. The van der Waals surface area contributed by atoms with E-state index in [4.69, 9.17) is 15.3 Å². The number of aliphatic hydroxyl groups excluding tert-OH is 12. The van der Waals surface area contributed by atoms with Crippen molar-refractivity contribution in [3.8, 4) is 0 Å². The van der Waals surface area contributed by atoms with Gasteiger partial charge in [-0.25, -0.2) is 9.59 Å². The van der Waals surface area contributed by atoms with Crippen LogP contribution in [0, 0.1) is 0 Å². The van der Waals surface area contributed by atoms with E-state index in [2.05, 4.69) is 9.47 Å². The molecular formula is C17H30O17. The normalized spacial score (nSPS) is 21.5. The fourth-order valence-electron chi connectivity index (χ4n) is 2.33. The van der Waals surface area contributed by atoms with Gasteiger partial charge < -0.3 is 70.8 Å². The summed E-state index contributed by atoms with van der Waals surface area (Å²) < 4.78 is 8.95. The van der Waals surface area contributed by atoms with E-state index in [9.17, 15) is 60.3 Å². The van der Waals surface area contributed by atoms with Gasteiger partial charge in [0.1, 0.15) is 48.8 Å². The van der Waals surface area contributed by atoms with Gasteiger partial charge in [0, 0.05) is 0 Å². The van der Waals surface area contributed by atoms with Crippen LogP contribution in [0.15, 0.2) is 0 Å². The molecule has 17 heteroatoms. The molecule has 34 heavy (non-hydrogen) atoms. The van der Waals surface area contributed by atoms with Gasteiger partial charge in [-0.3, -0.25) is 4.79 Å². The molecule has 0 aliphatic carbocycles. The summed E-state index contributed by atoms with van der Waals surface area (Å²) in [6.45, 7) is -3.36. The summed E-state index contributed by atoms with van der Waals surface area (Å²) in [5.74, 6) is -3.90. The van der Waals surface area contributed by atoms with E-state index in [-0.39, 0.29) is 6.29 Å². The molecule has 0 aliphatic heterocycles. The van der Waals surface area contributed by atoms with Gasteiger partial charge in [0.05, 0.1) is 19.8 Å². The third-order valence-corrected chi connectivity index (χ3v) is 4.52. The summed E-state index contributed by atoms with van der Waals surface area (Å²) in [5, 5.41) is 113. The van der Waals surface area contributed by atoms with Crippen molar-refractivity contribution in [2.24, 2.45) is 0 Å². The number of carbonyl (C=O) groups excluding carboxylic acids is 3. The lowest BCUT2D eigenvalue weighted by Crippen LogP contribution is -2.55. The maximum absolute atomic E-state index is 12.4. The fourth-order valence-corrected chi connectivity index (χ4v) is 2.33. The van der Waals surface area contributed by atoms with Crippen LogP contribution in [0.25, 0.3) is 0 Å². The minimum atomic E-state index is -2.73. The average Bonchev–Trinajstić information content (AvgIpc) is 2.85. The van der Waals surface area contributed by atoms with Crippen molar-refractivity contribution < 1.29 is 85.1 Å². The summed E-state index contributed by atoms with van der Waals surface area (Å²) in [4.78, 5) is 35.6. The van der Waals surface area contributed by atoms with Crippen LogP contribution < -0.4 is 0 Å². The van der Waals surface area contributed by atoms with E-state index in [1.165, 1.54) is 0 Å². The lowest BCUT2D eigenvalue weighted by atomic mass is 10.0. The van der Waals surface area contributed by atoms with Crippen LogP contribution in [0.2, 0.25) is 0 Å². The van der Waals surface area contributed by atoms with Gasteiger partial charge in [0.2, 0.25) is 6.10 Å². The molecule has 0 aromatic heterocycles. The Balaban J connectivity index is 5.81. The minimum Gasteiger partial charge on any atom is -0.449 e. The first-order valence-electron chi connectivity index (χ1n) is 9.60. The Morgan fingerprint density at radius 1 is 0.588 bits per heavy atom. The van der Waals surface area contributed by atoms with Crippen molar-refractivity contribution in [3.05, 3.63) is 0 Å². The maximum Gasteiger partial charge on any atom is 0.351 e. The number of aliphatic hydroxyl groups is 12. The molecule has 0 heterocycles. The summed E-state index contributed by atoms with van der Waals surface area (Å²) in [6, 6.07) is 0. The Morgan fingerprint density at radius 2 is 1.00 bits per heavy atom. The van der Waals surface area contributed by atoms with Crippen LogP contribution in [0.4, 0.5) is 0 Å². The standard InChI is InChI=1S/C17H30O17/c18-1-5(22)9(25)8(4-21)33-17(32)15(13(29)11(27)7(24)3-20)34-16(31)14(30)12(28)10(26)6(23)2-19/h4-15,18-20,22-30H,1-3H2/t5-,6-,7-,8+,9+,10+,11+,12+,13+,14-,15-/m1/s1. The van der Waals surface area contributed by atoms with E-state index in [1.54, 1.807) is 0 Å². The van der Waals surface area contributed by atoms with Gasteiger partial charge in [0.25, 0.3) is 0 Å². The molecule has 0 radical (unpaired) electrons. The highest BCUT2D eigenvalue weighted by molar-refractivity contribution is 5.83. The van der Waals surface area contributed by atoms with Gasteiger partial charge in [-0.2, -0.15) is 0 Å². The van der Waals surface area contributed by atoms with Crippen LogP contribution in [-0.2, 0) is 23.9 Å². The molecule has 0 aliphatic rings. The first kappa shape index (κ1) is 32.1. The Labute approximate surface area is 191 Å². The zero-order chi connectivity index (χ0) is 26.7. The quantitative estimate of drug-likeness (QED) is 0.0682. The van der Waals surface area contributed by atoms with Crippen LogP contribution in [0.1, 0.15) is 0 Å². The van der Waals surface area contributed by atoms with Crippen molar-refractivity contribution in [3.63, 3.8) is 0 Å². The zero-order valence-corrected chi connectivity index (χ0v) is 17.5. The molecule has 0 spiro atoms. The number of hydrogen-bond acceptors (Lipinski definition) is 17. The summed E-state index contributed by atoms with van der Waals surface area (Å²) in [5.41, 5.74) is 0. The molecule has 11 atom stereocenters. The highest BCUT2D eigenvalue weighted by Crippen LogP contribution is 2.16. The third kappa shape index (κ3) is 8.73. The number of rotatable bonds is 16. The van der Waals surface area contributed by atoms with E-state index in [0.29, 0.717) is 0 Å². The van der Waals surface area contributed by atoms with Gasteiger partial charge in [0.15, 0.2) is 18.5 Å². The first-order valence-corrected chi connectivity index (χ1v) is 9.60. The molecule has 0 saturated carbocycles. The topological polar surface area (TPSA) is 312 Å². The molecule has 0 aromatic rings. The Kier molecular flexibility index (Phi) is 14.4. The lowest BCUT2D eigenvalue weighted by Gasteiger charge is -2.30. The third-order valence-electron chi connectivity index (χ3n) is 4.52. The van der Waals surface area contributed by atoms with Crippen molar-refractivity contribution in [2.75, 3.05) is 19.8 Å². The van der Waals surface area contributed by atoms with Crippen LogP contribution in [-0.4, -0.2) is 166 Å². The monoisotopic (exact) mass is 506 g/mol. The fraction of sp³-hybridized carbons (Fsp3) is 0.824. The smallest absolute Gasteiger partial charge is 0.351 e. The number of carbonyl (C=O) groups is 3. The highest BCUT2D eigenvalue weighted by Gasteiger charge is 2.44. The molecule has 12 N–H and O–H groups in total. The van der Waals surface area contributed by atoms with Crippen LogP contribution >= 0.6 is 0 Å². The van der Waals surface area contributed by atoms with Crippen molar-refractivity contribution in [1.82, 2.24) is 0 Å². The lowest BCUT2D eigenvalue weighted by molar-refractivity contribution is -0.202. The van der Waals surface area contributed by atoms with E-state index >= 15 is 0 Å². The van der Waals surface area contributed by atoms with E-state index < -0.39 is 98.9 Å². The molecule has 0 amide bonds. The first-order chi connectivity index (χ1) is 15.8. The molecule has 0 saturated heterocycles. The van der Waals surface area contributed by atoms with Crippen LogP contribution in [0.3, 0.4) is 0 Å². The number of aldehydes is 1. The molecule has 0 fully saturated rings. The summed E-state index contributed by atoms with van der Waals surface area (Å²) in [6.07, 6.45) is -26.1. The summed E-state index contributed by atoms with van der Waals surface area (Å²) in [7, 11) is 0. The van der Waals surface area contributed by atoms with E-state index in [0.717, 1.165) is 0 Å². The minimum absolute atomic E-state index is 0.225. The second-order valence-electron chi connectivity index (χ2n) is 7.04. The van der Waals surface area contributed by atoms with Crippen molar-refractivity contribution >= 4 is 18.2 Å². The predicted octanol–water partition coefficient (Wildman–Crippen LogP) is -8.77. The van der Waals surface area contributed by atoms with Crippen molar-refractivity contribution in [2.45, 2.75) is 67.1 Å². The van der Waals surface area contributed by atoms with Gasteiger partial charge in [-0.05, 0) is 0 Å². The van der Waals surface area contributed by atoms with Gasteiger partial charge in [-0.15, -0.1) is 0 Å². The molecule has 0 rings (SSSR count). The Bertz CT molecular complexity index is 631. The molecule has 17 nitrogen and oxygen atoms in total. The number of hydrogen-bond donors (Lipinski definition) is 12. The van der Waals surface area contributed by atoms with E-state index in [1.807, 2.05) is 0 Å². The van der Waals surface area contributed by atoms with Crippen molar-refractivity contribution in [1.29, 1.82) is 0 Å².